The molecular weight excluding hydrogens is 192 g/mol. The van der Waals surface area contributed by atoms with Crippen molar-refractivity contribution in [1.29, 1.82) is 0 Å². The monoisotopic (exact) mass is 204 g/mol. The molecule has 0 aromatic carbocycles. The highest BCUT2D eigenvalue weighted by Crippen LogP contribution is 2.19. The van der Waals surface area contributed by atoms with Crippen LogP contribution in [-0.2, 0) is 12.8 Å². The molecule has 0 atom stereocenters. The van der Waals surface area contributed by atoms with Crippen molar-refractivity contribution < 1.29 is 0 Å². The van der Waals surface area contributed by atoms with Crippen molar-refractivity contribution in [3.8, 4) is 0 Å². The van der Waals surface area contributed by atoms with Crippen LogP contribution in [0.15, 0.2) is 0 Å². The van der Waals surface area contributed by atoms with Crippen LogP contribution in [0.2, 0.25) is 0 Å². The average Bonchev–Trinajstić information content (AvgIpc) is 2.17. The van der Waals surface area contributed by atoms with Gasteiger partial charge in [-0.05, 0) is 13.3 Å². The van der Waals surface area contributed by atoms with Gasteiger partial charge in [-0.1, -0.05) is 0 Å². The largest absolute Gasteiger partial charge is 0.316 e. The fraction of sp³-hybridized carbons (Fsp3) is 0.625. The molecule has 0 radical (unpaired) electrons. The van der Waals surface area contributed by atoms with E-state index in [1.54, 1.807) is 0 Å². The first-order chi connectivity index (χ1) is 5.36. The first kappa shape index (κ1) is 9.96. The number of aromatic nitrogens is 1. The number of fused-ring (bicyclic) bond motifs is 1. The van der Waals surface area contributed by atoms with Crippen LogP contribution in [0.5, 0.6) is 0 Å². The van der Waals surface area contributed by atoms with E-state index >= 15 is 0 Å². The normalized spacial score (nSPS) is 16.1. The Kier molecular flexibility index (Phi) is 3.50. The average molecular weight is 205 g/mol. The molecule has 2 nitrogen and oxygen atoms in total. The highest BCUT2D eigenvalue weighted by atomic mass is 35.5. The zero-order valence-electron chi connectivity index (χ0n) is 7.09. The summed E-state index contributed by atoms with van der Waals surface area (Å²) in [5.74, 6) is 0. The molecule has 12 heavy (non-hydrogen) atoms. The van der Waals surface area contributed by atoms with Crippen molar-refractivity contribution in [3.63, 3.8) is 0 Å². The van der Waals surface area contributed by atoms with Gasteiger partial charge in [-0.25, -0.2) is 4.98 Å². The van der Waals surface area contributed by atoms with Gasteiger partial charge in [0.1, 0.15) is 0 Å². The van der Waals surface area contributed by atoms with E-state index in [0.29, 0.717) is 0 Å². The van der Waals surface area contributed by atoms with Crippen molar-refractivity contribution in [3.05, 3.63) is 15.6 Å². The van der Waals surface area contributed by atoms with Gasteiger partial charge < -0.3 is 5.32 Å². The Bertz CT molecular complexity index is 236. The summed E-state index contributed by atoms with van der Waals surface area (Å²) in [6.45, 7) is 4.30. The summed E-state index contributed by atoms with van der Waals surface area (Å²) in [6.07, 6.45) is 2.28. The quantitative estimate of drug-likeness (QED) is 0.694. The van der Waals surface area contributed by atoms with Crippen molar-refractivity contribution in [2.24, 2.45) is 0 Å². The molecule has 4 heteroatoms. The molecule has 0 saturated carbocycles. The number of thiazole rings is 1. The van der Waals surface area contributed by atoms with E-state index in [1.807, 2.05) is 11.3 Å². The summed E-state index contributed by atoms with van der Waals surface area (Å²) >= 11 is 1.85. The molecule has 1 aliphatic rings. The molecule has 0 bridgehead atoms. The van der Waals surface area contributed by atoms with Crippen LogP contribution in [0.4, 0.5) is 0 Å². The van der Waals surface area contributed by atoms with Crippen molar-refractivity contribution in [2.45, 2.75) is 19.8 Å². The third-order valence-electron chi connectivity index (χ3n) is 1.95. The molecule has 1 aromatic rings. The topological polar surface area (TPSA) is 24.9 Å². The van der Waals surface area contributed by atoms with E-state index in [1.165, 1.54) is 22.0 Å². The second kappa shape index (κ2) is 4.21. The number of halogens is 1. The lowest BCUT2D eigenvalue weighted by molar-refractivity contribution is 0.708. The Labute approximate surface area is 82.8 Å². The van der Waals surface area contributed by atoms with Gasteiger partial charge >= 0.3 is 0 Å². The Hall–Kier alpha value is -0.120. The summed E-state index contributed by atoms with van der Waals surface area (Å²) in [7, 11) is 0. The maximum absolute atomic E-state index is 4.49. The zero-order valence-corrected chi connectivity index (χ0v) is 8.73. The van der Waals surface area contributed by atoms with Crippen LogP contribution in [0.3, 0.4) is 0 Å². The standard InChI is InChI=1S/C8H12N2S.ClH/c1-6-10-7-2-4-9-5-3-8(7)11-6;/h9H,2-5H2,1H3;1H. The fourth-order valence-electron chi connectivity index (χ4n) is 1.44. The van der Waals surface area contributed by atoms with Crippen LogP contribution in [0.25, 0.3) is 0 Å². The summed E-state index contributed by atoms with van der Waals surface area (Å²) in [6, 6.07) is 0. The summed E-state index contributed by atoms with van der Waals surface area (Å²) in [5, 5.41) is 4.59. The van der Waals surface area contributed by atoms with Crippen molar-refractivity contribution >= 4 is 23.7 Å². The predicted octanol–water partition coefficient (Wildman–Crippen LogP) is 1.56. The van der Waals surface area contributed by atoms with E-state index in [4.69, 9.17) is 0 Å². The maximum Gasteiger partial charge on any atom is 0.0900 e. The van der Waals surface area contributed by atoms with Gasteiger partial charge in [-0.2, -0.15) is 0 Å². The fourth-order valence-corrected chi connectivity index (χ4v) is 2.42. The number of rotatable bonds is 0. The van der Waals surface area contributed by atoms with Crippen molar-refractivity contribution in [2.75, 3.05) is 13.1 Å². The summed E-state index contributed by atoms with van der Waals surface area (Å²) in [5.41, 5.74) is 1.33. The molecule has 0 saturated heterocycles. The van der Waals surface area contributed by atoms with Gasteiger partial charge in [0.25, 0.3) is 0 Å². The molecule has 2 heterocycles. The first-order valence-corrected chi connectivity index (χ1v) is 4.84. The predicted molar refractivity (Wildman–Crippen MR) is 54.4 cm³/mol. The molecular formula is C8H13ClN2S. The molecule has 1 aromatic heterocycles. The van der Waals surface area contributed by atoms with Gasteiger partial charge in [0, 0.05) is 24.4 Å². The second-order valence-corrected chi connectivity index (χ2v) is 4.14. The number of hydrogen-bond donors (Lipinski definition) is 1. The van der Waals surface area contributed by atoms with Gasteiger partial charge in [0.05, 0.1) is 10.7 Å². The molecule has 0 aliphatic carbocycles. The molecule has 0 unspecified atom stereocenters. The number of nitrogens with zero attached hydrogens (tertiary/aromatic N) is 1. The maximum atomic E-state index is 4.49. The Morgan fingerprint density at radius 2 is 2.08 bits per heavy atom. The smallest absolute Gasteiger partial charge is 0.0900 e. The van der Waals surface area contributed by atoms with E-state index in [0.717, 1.165) is 19.5 Å². The molecule has 0 fully saturated rings. The Morgan fingerprint density at radius 3 is 2.92 bits per heavy atom. The number of aryl methyl sites for hydroxylation is 1. The van der Waals surface area contributed by atoms with Crippen LogP contribution in [-0.4, -0.2) is 18.1 Å². The van der Waals surface area contributed by atoms with Gasteiger partial charge in [0.2, 0.25) is 0 Å². The van der Waals surface area contributed by atoms with Crippen LogP contribution >= 0.6 is 23.7 Å². The molecule has 0 amide bonds. The SMILES string of the molecule is Cc1nc2c(s1)CCNCC2.Cl. The second-order valence-electron chi connectivity index (χ2n) is 2.85. The minimum absolute atomic E-state index is 0. The van der Waals surface area contributed by atoms with E-state index in [9.17, 15) is 0 Å². The van der Waals surface area contributed by atoms with Crippen molar-refractivity contribution in [1.82, 2.24) is 10.3 Å². The molecule has 1 aliphatic heterocycles. The van der Waals surface area contributed by atoms with E-state index in [-0.39, 0.29) is 12.4 Å². The van der Waals surface area contributed by atoms with E-state index < -0.39 is 0 Å². The first-order valence-electron chi connectivity index (χ1n) is 4.02. The van der Waals surface area contributed by atoms with Gasteiger partial charge in [-0.15, -0.1) is 23.7 Å². The van der Waals surface area contributed by atoms with Gasteiger partial charge in [-0.3, -0.25) is 0 Å². The lowest BCUT2D eigenvalue weighted by Crippen LogP contribution is -2.16. The molecule has 68 valence electrons. The zero-order chi connectivity index (χ0) is 7.68. The highest BCUT2D eigenvalue weighted by molar-refractivity contribution is 7.11. The van der Waals surface area contributed by atoms with Crippen LogP contribution < -0.4 is 5.32 Å². The number of nitrogens with one attached hydrogen (secondary N) is 1. The third kappa shape index (κ3) is 1.97. The molecule has 2 rings (SSSR count). The summed E-state index contributed by atoms with van der Waals surface area (Å²) < 4.78 is 0. The molecule has 1 N–H and O–H groups in total. The third-order valence-corrected chi connectivity index (χ3v) is 3.03. The minimum Gasteiger partial charge on any atom is -0.316 e. The minimum atomic E-state index is 0. The van der Waals surface area contributed by atoms with Crippen LogP contribution in [0, 0.1) is 6.92 Å². The highest BCUT2D eigenvalue weighted by Gasteiger charge is 2.10. The lowest BCUT2D eigenvalue weighted by atomic mass is 10.2. The Balaban J connectivity index is 0.000000720. The lowest BCUT2D eigenvalue weighted by Gasteiger charge is -1.93. The van der Waals surface area contributed by atoms with E-state index in [2.05, 4.69) is 17.2 Å². The van der Waals surface area contributed by atoms with Gasteiger partial charge in [0.15, 0.2) is 0 Å². The number of hydrogen-bond acceptors (Lipinski definition) is 3. The van der Waals surface area contributed by atoms with Crippen LogP contribution in [0.1, 0.15) is 15.6 Å². The molecule has 0 spiro atoms. The Morgan fingerprint density at radius 1 is 1.33 bits per heavy atom. The summed E-state index contributed by atoms with van der Waals surface area (Å²) in [4.78, 5) is 5.98.